The smallest absolute Gasteiger partial charge is 0.228 e. The van der Waals surface area contributed by atoms with Gasteiger partial charge in [-0.2, -0.15) is 0 Å². The van der Waals surface area contributed by atoms with Crippen LogP contribution in [0.5, 0.6) is 5.75 Å². The number of hydrogen-bond donors (Lipinski definition) is 0. The molecule has 0 saturated carbocycles. The van der Waals surface area contributed by atoms with Crippen LogP contribution < -0.4 is 9.64 Å². The second-order valence-electron chi connectivity index (χ2n) is 5.19. The van der Waals surface area contributed by atoms with Gasteiger partial charge in [0, 0.05) is 23.1 Å². The first-order chi connectivity index (χ1) is 10.7. The number of thioether (sulfide) groups is 1. The van der Waals surface area contributed by atoms with Crippen LogP contribution >= 0.6 is 11.8 Å². The highest BCUT2D eigenvalue weighted by Gasteiger charge is 2.28. The van der Waals surface area contributed by atoms with E-state index in [1.54, 1.807) is 18.9 Å². The van der Waals surface area contributed by atoms with Gasteiger partial charge in [-0.05, 0) is 36.8 Å². The SMILES string of the molecule is CCN1C(=O)CC(c2ccc(OC)cc2)Sc2ccccc21. The molecule has 2 aromatic rings. The number of para-hydroxylation sites is 1. The van der Waals surface area contributed by atoms with Crippen LogP contribution in [0.2, 0.25) is 0 Å². The van der Waals surface area contributed by atoms with Gasteiger partial charge in [0.15, 0.2) is 0 Å². The van der Waals surface area contributed by atoms with E-state index in [0.29, 0.717) is 13.0 Å². The monoisotopic (exact) mass is 313 g/mol. The number of methoxy groups -OCH3 is 1. The summed E-state index contributed by atoms with van der Waals surface area (Å²) in [5, 5.41) is 0.135. The Morgan fingerprint density at radius 3 is 2.59 bits per heavy atom. The van der Waals surface area contributed by atoms with Crippen molar-refractivity contribution in [2.24, 2.45) is 0 Å². The molecule has 1 aliphatic heterocycles. The number of nitrogens with zero attached hydrogens (tertiary/aromatic N) is 1. The number of carbonyl (C=O) groups excluding carboxylic acids is 1. The Morgan fingerprint density at radius 1 is 1.18 bits per heavy atom. The molecule has 114 valence electrons. The summed E-state index contributed by atoms with van der Waals surface area (Å²) >= 11 is 1.76. The van der Waals surface area contributed by atoms with Gasteiger partial charge in [0.1, 0.15) is 5.75 Å². The van der Waals surface area contributed by atoms with Gasteiger partial charge in [-0.15, -0.1) is 11.8 Å². The van der Waals surface area contributed by atoms with Crippen LogP contribution in [0.15, 0.2) is 53.4 Å². The number of hydrogen-bond acceptors (Lipinski definition) is 3. The Labute approximate surface area is 135 Å². The van der Waals surface area contributed by atoms with Crippen molar-refractivity contribution in [1.29, 1.82) is 0 Å². The fourth-order valence-corrected chi connectivity index (χ4v) is 4.01. The maximum absolute atomic E-state index is 12.6. The largest absolute Gasteiger partial charge is 0.497 e. The Morgan fingerprint density at radius 2 is 1.91 bits per heavy atom. The zero-order chi connectivity index (χ0) is 15.5. The average Bonchev–Trinajstić information content (AvgIpc) is 2.70. The number of rotatable bonds is 3. The predicted molar refractivity (Wildman–Crippen MR) is 90.7 cm³/mol. The lowest BCUT2D eigenvalue weighted by Gasteiger charge is -2.20. The number of benzene rings is 2. The lowest BCUT2D eigenvalue weighted by atomic mass is 10.1. The number of anilines is 1. The molecule has 0 N–H and O–H groups in total. The van der Waals surface area contributed by atoms with Crippen molar-refractivity contribution in [2.45, 2.75) is 23.5 Å². The van der Waals surface area contributed by atoms with Crippen molar-refractivity contribution in [3.63, 3.8) is 0 Å². The van der Waals surface area contributed by atoms with E-state index in [-0.39, 0.29) is 11.2 Å². The molecule has 0 saturated heterocycles. The highest BCUT2D eigenvalue weighted by atomic mass is 32.2. The molecule has 1 heterocycles. The molecule has 0 aliphatic carbocycles. The molecule has 2 aromatic carbocycles. The van der Waals surface area contributed by atoms with E-state index in [2.05, 4.69) is 6.07 Å². The van der Waals surface area contributed by atoms with Crippen LogP contribution in [0, 0.1) is 0 Å². The van der Waals surface area contributed by atoms with Crippen molar-refractivity contribution >= 4 is 23.4 Å². The zero-order valence-electron chi connectivity index (χ0n) is 12.8. The van der Waals surface area contributed by atoms with E-state index in [1.165, 1.54) is 0 Å². The summed E-state index contributed by atoms with van der Waals surface area (Å²) < 4.78 is 5.21. The van der Waals surface area contributed by atoms with E-state index in [0.717, 1.165) is 21.9 Å². The van der Waals surface area contributed by atoms with E-state index in [4.69, 9.17) is 4.74 Å². The first kappa shape index (κ1) is 15.0. The lowest BCUT2D eigenvalue weighted by Crippen LogP contribution is -2.30. The van der Waals surface area contributed by atoms with Crippen LogP contribution in [0.4, 0.5) is 5.69 Å². The first-order valence-electron chi connectivity index (χ1n) is 7.43. The Hall–Kier alpha value is -1.94. The number of ether oxygens (including phenoxy) is 1. The lowest BCUT2D eigenvalue weighted by molar-refractivity contribution is -0.118. The van der Waals surface area contributed by atoms with Crippen molar-refractivity contribution in [3.8, 4) is 5.75 Å². The van der Waals surface area contributed by atoms with E-state index in [1.807, 2.05) is 54.3 Å². The van der Waals surface area contributed by atoms with Gasteiger partial charge < -0.3 is 9.64 Å². The quantitative estimate of drug-likeness (QED) is 0.847. The van der Waals surface area contributed by atoms with Crippen molar-refractivity contribution in [3.05, 3.63) is 54.1 Å². The normalized spacial score (nSPS) is 17.8. The standard InChI is InChI=1S/C18H19NO2S/c1-3-19-15-6-4-5-7-16(15)22-17(12-18(19)20)13-8-10-14(21-2)11-9-13/h4-11,17H,3,12H2,1-2H3. The Balaban J connectivity index is 1.96. The van der Waals surface area contributed by atoms with Gasteiger partial charge in [-0.1, -0.05) is 24.3 Å². The summed E-state index contributed by atoms with van der Waals surface area (Å²) in [6.07, 6.45) is 0.513. The minimum Gasteiger partial charge on any atom is -0.497 e. The summed E-state index contributed by atoms with van der Waals surface area (Å²) in [6.45, 7) is 2.72. The highest BCUT2D eigenvalue weighted by Crippen LogP contribution is 2.45. The van der Waals surface area contributed by atoms with Gasteiger partial charge in [0.2, 0.25) is 5.91 Å². The van der Waals surface area contributed by atoms with Crippen LogP contribution in [0.3, 0.4) is 0 Å². The Kier molecular flexibility index (Phi) is 4.39. The summed E-state index contributed by atoms with van der Waals surface area (Å²) in [6, 6.07) is 16.1. The summed E-state index contributed by atoms with van der Waals surface area (Å²) in [5.41, 5.74) is 2.18. The predicted octanol–water partition coefficient (Wildman–Crippen LogP) is 4.29. The van der Waals surface area contributed by atoms with Crippen LogP contribution in [0.1, 0.15) is 24.2 Å². The maximum atomic E-state index is 12.6. The zero-order valence-corrected chi connectivity index (χ0v) is 13.6. The molecule has 1 unspecified atom stereocenters. The van der Waals surface area contributed by atoms with Gasteiger partial charge in [0.05, 0.1) is 12.8 Å². The molecule has 1 aliphatic rings. The number of carbonyl (C=O) groups is 1. The molecular weight excluding hydrogens is 294 g/mol. The fraction of sp³-hybridized carbons (Fsp3) is 0.278. The third kappa shape index (κ3) is 2.83. The second-order valence-corrected chi connectivity index (χ2v) is 6.43. The molecule has 1 amide bonds. The van der Waals surface area contributed by atoms with Crippen LogP contribution in [0.25, 0.3) is 0 Å². The average molecular weight is 313 g/mol. The van der Waals surface area contributed by atoms with Crippen molar-refractivity contribution in [2.75, 3.05) is 18.6 Å². The third-order valence-corrected chi connectivity index (χ3v) is 5.21. The minimum atomic E-state index is 0.135. The molecule has 0 fully saturated rings. The van der Waals surface area contributed by atoms with Crippen molar-refractivity contribution < 1.29 is 9.53 Å². The maximum Gasteiger partial charge on any atom is 0.228 e. The molecule has 0 spiro atoms. The summed E-state index contributed by atoms with van der Waals surface area (Å²) in [7, 11) is 1.66. The highest BCUT2D eigenvalue weighted by molar-refractivity contribution is 7.99. The molecule has 22 heavy (non-hydrogen) atoms. The Bertz CT molecular complexity index is 669. The molecule has 4 heteroatoms. The molecule has 0 aromatic heterocycles. The van der Waals surface area contributed by atoms with Crippen LogP contribution in [-0.2, 0) is 4.79 Å². The van der Waals surface area contributed by atoms with Gasteiger partial charge in [0.25, 0.3) is 0 Å². The third-order valence-electron chi connectivity index (χ3n) is 3.89. The molecular formula is C18H19NO2S. The second kappa shape index (κ2) is 6.44. The van der Waals surface area contributed by atoms with E-state index in [9.17, 15) is 4.79 Å². The van der Waals surface area contributed by atoms with Gasteiger partial charge in [-0.25, -0.2) is 0 Å². The summed E-state index contributed by atoms with van der Waals surface area (Å²) in [5.74, 6) is 1.02. The summed E-state index contributed by atoms with van der Waals surface area (Å²) in [4.78, 5) is 15.6. The van der Waals surface area contributed by atoms with Crippen LogP contribution in [-0.4, -0.2) is 19.6 Å². The van der Waals surface area contributed by atoms with Gasteiger partial charge in [-0.3, -0.25) is 4.79 Å². The molecule has 1 atom stereocenters. The van der Waals surface area contributed by atoms with Crippen molar-refractivity contribution in [1.82, 2.24) is 0 Å². The first-order valence-corrected chi connectivity index (χ1v) is 8.31. The van der Waals surface area contributed by atoms with Gasteiger partial charge >= 0.3 is 0 Å². The molecule has 3 nitrogen and oxygen atoms in total. The minimum absolute atomic E-state index is 0.135. The number of amides is 1. The molecule has 0 bridgehead atoms. The molecule has 0 radical (unpaired) electrons. The fourth-order valence-electron chi connectivity index (χ4n) is 2.73. The van der Waals surface area contributed by atoms with E-state index >= 15 is 0 Å². The topological polar surface area (TPSA) is 29.5 Å². The molecule has 3 rings (SSSR count). The number of fused-ring (bicyclic) bond motifs is 1. The van der Waals surface area contributed by atoms with E-state index < -0.39 is 0 Å².